The zero-order valence-corrected chi connectivity index (χ0v) is 22.7. The van der Waals surface area contributed by atoms with Crippen LogP contribution in [0.2, 0.25) is 0 Å². The number of halogens is 3. The third kappa shape index (κ3) is 7.56. The topological polar surface area (TPSA) is 82.8 Å². The van der Waals surface area contributed by atoms with Gasteiger partial charge < -0.3 is 20.2 Å². The van der Waals surface area contributed by atoms with Crippen molar-refractivity contribution in [1.29, 1.82) is 5.26 Å². The summed E-state index contributed by atoms with van der Waals surface area (Å²) < 4.78 is 38.8. The molecule has 2 heterocycles. The molecule has 0 unspecified atom stereocenters. The molecule has 39 heavy (non-hydrogen) atoms. The highest BCUT2D eigenvalue weighted by molar-refractivity contribution is 5.97. The first-order valence-electron chi connectivity index (χ1n) is 13.1. The average molecular weight is 544 g/mol. The van der Waals surface area contributed by atoms with Crippen molar-refractivity contribution in [3.63, 3.8) is 0 Å². The van der Waals surface area contributed by atoms with Crippen molar-refractivity contribution in [2.75, 3.05) is 51.2 Å². The molecule has 0 aliphatic carbocycles. The van der Waals surface area contributed by atoms with Crippen molar-refractivity contribution in [1.82, 2.24) is 14.7 Å². The van der Waals surface area contributed by atoms with Crippen LogP contribution >= 0.6 is 0 Å². The monoisotopic (exact) mass is 543 g/mol. The molecule has 0 bridgehead atoms. The van der Waals surface area contributed by atoms with Crippen LogP contribution in [0.5, 0.6) is 0 Å². The van der Waals surface area contributed by atoms with Crippen molar-refractivity contribution >= 4 is 11.6 Å². The van der Waals surface area contributed by atoms with Crippen LogP contribution in [0.15, 0.2) is 35.6 Å². The van der Waals surface area contributed by atoms with Crippen LogP contribution in [0.25, 0.3) is 0 Å². The Balaban J connectivity index is 1.70. The molecule has 2 fully saturated rings. The third-order valence-corrected chi connectivity index (χ3v) is 7.39. The zero-order valence-electron chi connectivity index (χ0n) is 22.7. The second-order valence-electron chi connectivity index (χ2n) is 10.1. The number of benzene rings is 1. The second kappa shape index (κ2) is 13.1. The number of nitrogens with one attached hydrogen (secondary N) is 1. The Labute approximate surface area is 228 Å². The van der Waals surface area contributed by atoms with E-state index in [1.807, 2.05) is 32.9 Å². The lowest BCUT2D eigenvalue weighted by Crippen LogP contribution is -2.58. The summed E-state index contributed by atoms with van der Waals surface area (Å²) >= 11 is 0. The van der Waals surface area contributed by atoms with Crippen LogP contribution in [0.3, 0.4) is 0 Å². The first-order chi connectivity index (χ1) is 18.5. The quantitative estimate of drug-likeness (QED) is 0.309. The fourth-order valence-electron chi connectivity index (χ4n) is 5.27. The summed E-state index contributed by atoms with van der Waals surface area (Å²) in [4.78, 5) is 18.3. The Morgan fingerprint density at radius 2 is 1.87 bits per heavy atom. The predicted molar refractivity (Wildman–Crippen MR) is 145 cm³/mol. The highest BCUT2D eigenvalue weighted by Crippen LogP contribution is 2.28. The Kier molecular flexibility index (Phi) is 10.1. The number of nitrogens with zero attached hydrogens (tertiary/aromatic N) is 4. The lowest BCUT2D eigenvalue weighted by atomic mass is 9.98. The maximum Gasteiger partial charge on any atom is 0.401 e. The standard InChI is InChI=1S/C29H36F3N5O2/c1-5-7-27(22(6-2)16-33)35-10-8-23(9-11-35)34-26-15-25(20(3)14-21(26)4)28(39)36-12-13-37(19-29(30,31)32)24(17-36)18-38/h1,6-7,14-15,23-24,34,38H,8-13,17-19H2,2-4H3/b22-6-,27-7+/t24-/m1/s1. The van der Waals surface area contributed by atoms with E-state index in [4.69, 9.17) is 6.42 Å². The number of alkyl halides is 3. The summed E-state index contributed by atoms with van der Waals surface area (Å²) in [6.45, 7) is 5.72. The van der Waals surface area contributed by atoms with Gasteiger partial charge in [-0.25, -0.2) is 0 Å². The molecule has 7 nitrogen and oxygen atoms in total. The molecule has 0 spiro atoms. The lowest BCUT2D eigenvalue weighted by molar-refractivity contribution is -0.156. The maximum absolute atomic E-state index is 13.4. The average Bonchev–Trinajstić information content (AvgIpc) is 2.90. The smallest absolute Gasteiger partial charge is 0.395 e. The second-order valence-corrected chi connectivity index (χ2v) is 10.1. The number of allylic oxidation sites excluding steroid dienone is 3. The summed E-state index contributed by atoms with van der Waals surface area (Å²) in [6, 6.07) is 5.34. The Hall–Kier alpha value is -3.47. The number of carbonyl (C=O) groups is 1. The molecule has 210 valence electrons. The van der Waals surface area contributed by atoms with Gasteiger partial charge in [0.2, 0.25) is 0 Å². The van der Waals surface area contributed by atoms with Crippen LogP contribution in [0.4, 0.5) is 18.9 Å². The molecule has 1 amide bonds. The molecule has 1 aromatic carbocycles. The van der Waals surface area contributed by atoms with Crippen molar-refractivity contribution in [2.45, 2.75) is 51.9 Å². The Bertz CT molecular complexity index is 1190. The first-order valence-corrected chi connectivity index (χ1v) is 13.1. The predicted octanol–water partition coefficient (Wildman–Crippen LogP) is 3.85. The maximum atomic E-state index is 13.4. The van der Waals surface area contributed by atoms with Crippen LogP contribution in [0.1, 0.15) is 41.3 Å². The van der Waals surface area contributed by atoms with Gasteiger partial charge in [-0.3, -0.25) is 9.69 Å². The minimum Gasteiger partial charge on any atom is -0.395 e. The molecule has 3 rings (SSSR count). The van der Waals surface area contributed by atoms with E-state index < -0.39 is 25.4 Å². The molecule has 2 aliphatic heterocycles. The number of hydrogen-bond acceptors (Lipinski definition) is 6. The minimum atomic E-state index is -4.37. The molecular formula is C29H36F3N5O2. The number of piperazine rings is 1. The van der Waals surface area contributed by atoms with Crippen molar-refractivity contribution < 1.29 is 23.1 Å². The van der Waals surface area contributed by atoms with Gasteiger partial charge in [-0.1, -0.05) is 18.1 Å². The van der Waals surface area contributed by atoms with E-state index in [1.165, 1.54) is 9.80 Å². The highest BCUT2D eigenvalue weighted by atomic mass is 19.4. The molecule has 0 saturated carbocycles. The number of anilines is 1. The summed E-state index contributed by atoms with van der Waals surface area (Å²) in [5, 5.41) is 22.7. The van der Waals surface area contributed by atoms with Gasteiger partial charge >= 0.3 is 6.18 Å². The van der Waals surface area contributed by atoms with Crippen molar-refractivity contribution in [3.05, 3.63) is 52.2 Å². The van der Waals surface area contributed by atoms with E-state index in [-0.39, 0.29) is 31.6 Å². The molecule has 10 heteroatoms. The molecule has 1 aromatic rings. The highest BCUT2D eigenvalue weighted by Gasteiger charge is 2.37. The largest absolute Gasteiger partial charge is 0.401 e. The van der Waals surface area contributed by atoms with Gasteiger partial charge in [0.1, 0.15) is 6.07 Å². The number of likely N-dealkylation sites (tertiary alicyclic amines) is 1. The van der Waals surface area contributed by atoms with Gasteiger partial charge in [-0.05, 0) is 50.8 Å². The number of piperidine rings is 1. The molecule has 2 saturated heterocycles. The summed E-state index contributed by atoms with van der Waals surface area (Å²) in [6.07, 6.45) is 6.11. The van der Waals surface area contributed by atoms with Gasteiger partial charge in [0.15, 0.2) is 0 Å². The van der Waals surface area contributed by atoms with E-state index in [0.29, 0.717) is 24.2 Å². The summed E-state index contributed by atoms with van der Waals surface area (Å²) in [7, 11) is 0. The normalized spacial score (nSPS) is 20.0. The van der Waals surface area contributed by atoms with Gasteiger partial charge in [-0.2, -0.15) is 18.4 Å². The lowest BCUT2D eigenvalue weighted by Gasteiger charge is -2.41. The summed E-state index contributed by atoms with van der Waals surface area (Å²) in [5.41, 5.74) is 4.39. The fraction of sp³-hybridized carbons (Fsp3) is 0.517. The van der Waals surface area contributed by atoms with Crippen LogP contribution in [0, 0.1) is 37.5 Å². The Morgan fingerprint density at radius 1 is 1.18 bits per heavy atom. The van der Waals surface area contributed by atoms with Crippen LogP contribution in [-0.4, -0.2) is 89.8 Å². The minimum absolute atomic E-state index is 0.0321. The van der Waals surface area contributed by atoms with E-state index >= 15 is 0 Å². The number of carbonyl (C=O) groups excluding carboxylic acids is 1. The fourth-order valence-corrected chi connectivity index (χ4v) is 5.27. The molecule has 0 aromatic heterocycles. The Morgan fingerprint density at radius 3 is 2.44 bits per heavy atom. The number of hydrogen-bond donors (Lipinski definition) is 2. The third-order valence-electron chi connectivity index (χ3n) is 7.39. The molecule has 2 N–H and O–H groups in total. The molecular weight excluding hydrogens is 507 g/mol. The molecule has 0 radical (unpaired) electrons. The van der Waals surface area contributed by atoms with Gasteiger partial charge in [0, 0.05) is 56.1 Å². The number of nitriles is 1. The molecule has 2 aliphatic rings. The van der Waals surface area contributed by atoms with Crippen LogP contribution in [-0.2, 0) is 0 Å². The summed E-state index contributed by atoms with van der Waals surface area (Å²) in [5.74, 6) is 2.27. The van der Waals surface area contributed by atoms with E-state index in [1.54, 1.807) is 12.2 Å². The SMILES string of the molecule is C#C/C=C(\C(C#N)=C/C)N1CCC(Nc2cc(C(=O)N3CCN(CC(F)(F)F)[C@@H](CO)C3)c(C)cc2C)CC1. The van der Waals surface area contributed by atoms with Gasteiger partial charge in [0.25, 0.3) is 5.91 Å². The number of aliphatic hydroxyl groups is 1. The molecule has 1 atom stereocenters. The van der Waals surface area contributed by atoms with Gasteiger partial charge in [0.05, 0.1) is 30.5 Å². The number of amides is 1. The zero-order chi connectivity index (χ0) is 28.7. The van der Waals surface area contributed by atoms with Crippen molar-refractivity contribution in [2.24, 2.45) is 0 Å². The van der Waals surface area contributed by atoms with Gasteiger partial charge in [-0.15, -0.1) is 6.42 Å². The van der Waals surface area contributed by atoms with Crippen LogP contribution < -0.4 is 5.32 Å². The number of aryl methyl sites for hydroxylation is 2. The number of aliphatic hydroxyl groups excluding tert-OH is 1. The van der Waals surface area contributed by atoms with Crippen molar-refractivity contribution in [3.8, 4) is 18.4 Å². The number of terminal acetylenes is 1. The van der Waals surface area contributed by atoms with E-state index in [0.717, 1.165) is 35.4 Å². The van der Waals surface area contributed by atoms with E-state index in [9.17, 15) is 28.3 Å². The van der Waals surface area contributed by atoms with E-state index in [2.05, 4.69) is 22.2 Å². The first kappa shape index (κ1) is 30.1. The number of rotatable bonds is 7.